The fourth-order valence-electron chi connectivity index (χ4n) is 2.58. The third-order valence-electron chi connectivity index (χ3n) is 3.91. The second-order valence-electron chi connectivity index (χ2n) is 5.49. The molecule has 0 atom stereocenters. The van der Waals surface area contributed by atoms with Crippen molar-refractivity contribution in [3.63, 3.8) is 0 Å². The summed E-state index contributed by atoms with van der Waals surface area (Å²) in [5.41, 5.74) is 6.79. The van der Waals surface area contributed by atoms with Crippen LogP contribution in [-0.2, 0) is 13.6 Å². The van der Waals surface area contributed by atoms with E-state index in [1.54, 1.807) is 10.9 Å². The van der Waals surface area contributed by atoms with Gasteiger partial charge in [-0.2, -0.15) is 5.10 Å². The van der Waals surface area contributed by atoms with Crippen molar-refractivity contribution in [3.05, 3.63) is 12.0 Å². The molecule has 0 unspecified atom stereocenters. The number of aromatic nitrogens is 4. The maximum atomic E-state index is 5.97. The Morgan fingerprint density at radius 1 is 1.32 bits per heavy atom. The van der Waals surface area contributed by atoms with Crippen molar-refractivity contribution in [2.75, 3.05) is 18.8 Å². The number of piperidine rings is 1. The summed E-state index contributed by atoms with van der Waals surface area (Å²) in [6.45, 7) is 5.33. The second-order valence-corrected chi connectivity index (χ2v) is 5.49. The minimum Gasteiger partial charge on any atom is -0.383 e. The molecule has 2 aromatic heterocycles. The summed E-state index contributed by atoms with van der Waals surface area (Å²) in [4.78, 5) is 11.4. The van der Waals surface area contributed by atoms with E-state index in [4.69, 9.17) is 5.73 Å². The summed E-state index contributed by atoms with van der Waals surface area (Å²) in [5.74, 6) is 2.16. The highest BCUT2D eigenvalue weighted by Gasteiger charge is 2.17. The lowest BCUT2D eigenvalue weighted by Crippen LogP contribution is -2.33. The first kappa shape index (κ1) is 12.3. The van der Waals surface area contributed by atoms with Crippen molar-refractivity contribution < 1.29 is 0 Å². The molecule has 6 heteroatoms. The lowest BCUT2D eigenvalue weighted by atomic mass is 9.99. The van der Waals surface area contributed by atoms with Crippen LogP contribution < -0.4 is 5.73 Å². The number of nitrogen functional groups attached to an aromatic ring is 1. The van der Waals surface area contributed by atoms with Crippen molar-refractivity contribution in [1.29, 1.82) is 0 Å². The zero-order valence-corrected chi connectivity index (χ0v) is 11.5. The number of nitrogens with two attached hydrogens (primary N) is 1. The van der Waals surface area contributed by atoms with Gasteiger partial charge in [-0.25, -0.2) is 9.97 Å². The number of hydrogen-bond donors (Lipinski definition) is 1. The Labute approximate surface area is 112 Å². The normalized spacial score (nSPS) is 18.2. The van der Waals surface area contributed by atoms with Gasteiger partial charge in [0, 0.05) is 7.05 Å². The van der Waals surface area contributed by atoms with Crippen LogP contribution in [0, 0.1) is 5.92 Å². The average Bonchev–Trinajstić information content (AvgIpc) is 2.75. The molecule has 102 valence electrons. The molecule has 3 rings (SSSR count). The van der Waals surface area contributed by atoms with E-state index < -0.39 is 0 Å². The lowest BCUT2D eigenvalue weighted by Gasteiger charge is -2.29. The number of hydrogen-bond acceptors (Lipinski definition) is 5. The molecule has 0 amide bonds. The first-order valence-electron chi connectivity index (χ1n) is 6.80. The minimum atomic E-state index is 0.526. The minimum absolute atomic E-state index is 0.526. The zero-order chi connectivity index (χ0) is 13.4. The van der Waals surface area contributed by atoms with Crippen LogP contribution in [-0.4, -0.2) is 37.7 Å². The van der Waals surface area contributed by atoms with Gasteiger partial charge in [0.25, 0.3) is 0 Å². The Hall–Kier alpha value is -1.69. The molecule has 2 N–H and O–H groups in total. The number of rotatable bonds is 2. The van der Waals surface area contributed by atoms with Crippen molar-refractivity contribution in [2.24, 2.45) is 13.0 Å². The van der Waals surface area contributed by atoms with Crippen LogP contribution in [0.2, 0.25) is 0 Å². The SMILES string of the molecule is CC1CCN(Cc2nc(N)c3cnn(C)c3n2)CC1. The number of likely N-dealkylation sites (tertiary alicyclic amines) is 1. The van der Waals surface area contributed by atoms with E-state index in [9.17, 15) is 0 Å². The fourth-order valence-corrected chi connectivity index (χ4v) is 2.58. The third kappa shape index (κ3) is 2.40. The summed E-state index contributed by atoms with van der Waals surface area (Å²) in [6.07, 6.45) is 4.23. The molecule has 1 aliphatic rings. The van der Waals surface area contributed by atoms with Gasteiger partial charge in [-0.05, 0) is 31.8 Å². The zero-order valence-electron chi connectivity index (χ0n) is 11.5. The van der Waals surface area contributed by atoms with Gasteiger partial charge in [-0.3, -0.25) is 9.58 Å². The number of fused-ring (bicyclic) bond motifs is 1. The van der Waals surface area contributed by atoms with Gasteiger partial charge in [0.2, 0.25) is 0 Å². The monoisotopic (exact) mass is 260 g/mol. The van der Waals surface area contributed by atoms with Crippen LogP contribution in [0.3, 0.4) is 0 Å². The molecule has 6 nitrogen and oxygen atoms in total. The molecule has 19 heavy (non-hydrogen) atoms. The molecule has 0 saturated carbocycles. The molecular formula is C13H20N6. The summed E-state index contributed by atoms with van der Waals surface area (Å²) >= 11 is 0. The predicted molar refractivity (Wildman–Crippen MR) is 74.4 cm³/mol. The molecular weight excluding hydrogens is 240 g/mol. The second kappa shape index (κ2) is 4.77. The van der Waals surface area contributed by atoms with Crippen molar-refractivity contribution in [1.82, 2.24) is 24.6 Å². The standard InChI is InChI=1S/C13H20N6/c1-9-3-5-19(6-4-9)8-11-16-12(14)10-7-15-18(2)13(10)17-11/h7,9H,3-6,8H2,1-2H3,(H2,14,16,17). The van der Waals surface area contributed by atoms with Gasteiger partial charge in [-0.1, -0.05) is 6.92 Å². The van der Waals surface area contributed by atoms with Gasteiger partial charge >= 0.3 is 0 Å². The van der Waals surface area contributed by atoms with E-state index >= 15 is 0 Å². The van der Waals surface area contributed by atoms with Crippen LogP contribution in [0.25, 0.3) is 11.0 Å². The van der Waals surface area contributed by atoms with E-state index in [0.29, 0.717) is 5.82 Å². The molecule has 2 aromatic rings. The Morgan fingerprint density at radius 3 is 2.79 bits per heavy atom. The van der Waals surface area contributed by atoms with E-state index in [-0.39, 0.29) is 0 Å². The Balaban J connectivity index is 1.83. The van der Waals surface area contributed by atoms with Crippen molar-refractivity contribution in [2.45, 2.75) is 26.3 Å². The largest absolute Gasteiger partial charge is 0.383 e. The number of anilines is 1. The summed E-state index contributed by atoms with van der Waals surface area (Å²) in [6, 6.07) is 0. The summed E-state index contributed by atoms with van der Waals surface area (Å²) < 4.78 is 1.75. The van der Waals surface area contributed by atoms with Gasteiger partial charge in [0.05, 0.1) is 18.1 Å². The summed E-state index contributed by atoms with van der Waals surface area (Å²) in [7, 11) is 1.88. The van der Waals surface area contributed by atoms with Crippen LogP contribution in [0.5, 0.6) is 0 Å². The van der Waals surface area contributed by atoms with Crippen LogP contribution in [0.4, 0.5) is 5.82 Å². The lowest BCUT2D eigenvalue weighted by molar-refractivity contribution is 0.181. The maximum Gasteiger partial charge on any atom is 0.163 e. The van der Waals surface area contributed by atoms with Gasteiger partial charge < -0.3 is 5.73 Å². The maximum absolute atomic E-state index is 5.97. The van der Waals surface area contributed by atoms with Gasteiger partial charge in [0.1, 0.15) is 11.6 Å². The highest BCUT2D eigenvalue weighted by Crippen LogP contribution is 2.20. The topological polar surface area (TPSA) is 72.9 Å². The molecule has 1 aliphatic heterocycles. The van der Waals surface area contributed by atoms with E-state index in [0.717, 1.165) is 42.4 Å². The number of aryl methyl sites for hydroxylation is 1. The molecule has 0 radical (unpaired) electrons. The third-order valence-corrected chi connectivity index (χ3v) is 3.91. The van der Waals surface area contributed by atoms with Gasteiger partial charge in [0.15, 0.2) is 5.65 Å². The molecule has 1 fully saturated rings. The van der Waals surface area contributed by atoms with E-state index in [1.165, 1.54) is 12.8 Å². The van der Waals surface area contributed by atoms with Crippen molar-refractivity contribution >= 4 is 16.9 Å². The van der Waals surface area contributed by atoms with E-state index in [2.05, 4.69) is 26.9 Å². The van der Waals surface area contributed by atoms with Crippen LogP contribution in [0.15, 0.2) is 6.20 Å². The van der Waals surface area contributed by atoms with Crippen LogP contribution >= 0.6 is 0 Å². The van der Waals surface area contributed by atoms with E-state index in [1.807, 2.05) is 7.05 Å². The fraction of sp³-hybridized carbons (Fsp3) is 0.615. The first-order chi connectivity index (χ1) is 9.13. The molecule has 1 saturated heterocycles. The Bertz CT molecular complexity index is 582. The number of nitrogens with zero attached hydrogens (tertiary/aromatic N) is 5. The summed E-state index contributed by atoms with van der Waals surface area (Å²) in [5, 5.41) is 5.01. The molecule has 0 spiro atoms. The average molecular weight is 260 g/mol. The quantitative estimate of drug-likeness (QED) is 0.877. The van der Waals surface area contributed by atoms with Crippen LogP contribution in [0.1, 0.15) is 25.6 Å². The first-order valence-corrected chi connectivity index (χ1v) is 6.80. The van der Waals surface area contributed by atoms with Gasteiger partial charge in [-0.15, -0.1) is 0 Å². The molecule has 0 aliphatic carbocycles. The Morgan fingerprint density at radius 2 is 2.05 bits per heavy atom. The molecule has 0 aromatic carbocycles. The highest BCUT2D eigenvalue weighted by atomic mass is 15.3. The molecule has 3 heterocycles. The van der Waals surface area contributed by atoms with Crippen molar-refractivity contribution in [3.8, 4) is 0 Å². The Kier molecular flexibility index (Phi) is 3.10. The smallest absolute Gasteiger partial charge is 0.163 e. The highest BCUT2D eigenvalue weighted by molar-refractivity contribution is 5.84. The predicted octanol–water partition coefficient (Wildman–Crippen LogP) is 1.18. The molecule has 0 bridgehead atoms.